The first-order valence-corrected chi connectivity index (χ1v) is 5.29. The molecule has 14 heavy (non-hydrogen) atoms. The largest absolute Gasteiger partial charge is 0.369 e. The smallest absolute Gasteiger partial charge is 0.0844 e. The first-order valence-electron chi connectivity index (χ1n) is 4.91. The summed E-state index contributed by atoms with van der Waals surface area (Å²) in [5.74, 6) is 0. The van der Waals surface area contributed by atoms with Gasteiger partial charge in [-0.1, -0.05) is 29.8 Å². The molecule has 0 amide bonds. The van der Waals surface area contributed by atoms with Crippen LogP contribution in [0, 0.1) is 0 Å². The van der Waals surface area contributed by atoms with Gasteiger partial charge < -0.3 is 10.5 Å². The molecule has 2 atom stereocenters. The predicted octanol–water partition coefficient (Wildman–Crippen LogP) is 2.52. The standard InChI is InChI=1S/C11H14ClNO/c12-10-4-2-1-3-9(10)11-6-5-8(7-13)14-11/h1-4,8,11H,5-7,13H2. The highest BCUT2D eigenvalue weighted by Gasteiger charge is 2.26. The van der Waals surface area contributed by atoms with E-state index in [9.17, 15) is 0 Å². The molecule has 76 valence electrons. The topological polar surface area (TPSA) is 35.2 Å². The lowest BCUT2D eigenvalue weighted by molar-refractivity contribution is 0.0499. The Labute approximate surface area is 89.0 Å². The van der Waals surface area contributed by atoms with Crippen LogP contribution in [0.15, 0.2) is 24.3 Å². The van der Waals surface area contributed by atoms with Crippen LogP contribution in [0.1, 0.15) is 24.5 Å². The van der Waals surface area contributed by atoms with E-state index in [0.29, 0.717) is 6.54 Å². The first kappa shape index (κ1) is 9.97. The second kappa shape index (κ2) is 4.30. The summed E-state index contributed by atoms with van der Waals surface area (Å²) in [6.07, 6.45) is 2.39. The van der Waals surface area contributed by atoms with Crippen molar-refractivity contribution in [2.45, 2.75) is 25.0 Å². The van der Waals surface area contributed by atoms with E-state index in [1.807, 2.05) is 24.3 Å². The van der Waals surface area contributed by atoms with Crippen LogP contribution >= 0.6 is 11.6 Å². The van der Waals surface area contributed by atoms with Crippen LogP contribution in [0.5, 0.6) is 0 Å². The van der Waals surface area contributed by atoms with Gasteiger partial charge in [0.15, 0.2) is 0 Å². The van der Waals surface area contributed by atoms with E-state index in [0.717, 1.165) is 23.4 Å². The molecule has 1 aromatic rings. The average molecular weight is 212 g/mol. The second-order valence-corrected chi connectivity index (χ2v) is 3.99. The van der Waals surface area contributed by atoms with Gasteiger partial charge in [0.1, 0.15) is 0 Å². The van der Waals surface area contributed by atoms with Gasteiger partial charge in [0.25, 0.3) is 0 Å². The Hall–Kier alpha value is -0.570. The molecular formula is C11H14ClNO. The first-order chi connectivity index (χ1) is 6.81. The highest BCUT2D eigenvalue weighted by molar-refractivity contribution is 6.31. The number of hydrogen-bond acceptors (Lipinski definition) is 2. The molecule has 0 aromatic heterocycles. The fraction of sp³-hybridized carbons (Fsp3) is 0.455. The molecule has 3 heteroatoms. The molecule has 2 rings (SSSR count). The molecule has 0 radical (unpaired) electrons. The zero-order chi connectivity index (χ0) is 9.97. The molecule has 2 N–H and O–H groups in total. The van der Waals surface area contributed by atoms with E-state index < -0.39 is 0 Å². The molecule has 1 aliphatic rings. The van der Waals surface area contributed by atoms with Crippen LogP contribution in [-0.4, -0.2) is 12.6 Å². The maximum atomic E-state index is 6.08. The fourth-order valence-electron chi connectivity index (χ4n) is 1.84. The highest BCUT2D eigenvalue weighted by Crippen LogP contribution is 2.35. The lowest BCUT2D eigenvalue weighted by Crippen LogP contribution is -2.18. The lowest BCUT2D eigenvalue weighted by atomic mass is 10.1. The molecule has 0 saturated carbocycles. The van der Waals surface area contributed by atoms with Crippen LogP contribution in [0.3, 0.4) is 0 Å². The molecule has 0 bridgehead atoms. The van der Waals surface area contributed by atoms with Crippen LogP contribution in [0.4, 0.5) is 0 Å². The minimum Gasteiger partial charge on any atom is -0.369 e. The molecule has 2 unspecified atom stereocenters. The van der Waals surface area contributed by atoms with E-state index in [1.165, 1.54) is 0 Å². The molecule has 1 saturated heterocycles. The van der Waals surface area contributed by atoms with Gasteiger partial charge >= 0.3 is 0 Å². The van der Waals surface area contributed by atoms with Crippen molar-refractivity contribution >= 4 is 11.6 Å². The third kappa shape index (κ3) is 1.92. The van der Waals surface area contributed by atoms with Crippen LogP contribution in [0.25, 0.3) is 0 Å². The van der Waals surface area contributed by atoms with Gasteiger partial charge in [-0.25, -0.2) is 0 Å². The fourth-order valence-corrected chi connectivity index (χ4v) is 2.10. The van der Waals surface area contributed by atoms with Crippen molar-refractivity contribution < 1.29 is 4.74 Å². The normalized spacial score (nSPS) is 26.7. The minimum absolute atomic E-state index is 0.136. The van der Waals surface area contributed by atoms with E-state index in [2.05, 4.69) is 0 Å². The molecular weight excluding hydrogens is 198 g/mol. The zero-order valence-corrected chi connectivity index (χ0v) is 8.70. The van der Waals surface area contributed by atoms with Crippen molar-refractivity contribution in [3.05, 3.63) is 34.9 Å². The van der Waals surface area contributed by atoms with Gasteiger partial charge in [0.05, 0.1) is 12.2 Å². The van der Waals surface area contributed by atoms with Crippen LogP contribution in [0.2, 0.25) is 5.02 Å². The van der Waals surface area contributed by atoms with Crippen LogP contribution < -0.4 is 5.73 Å². The molecule has 2 nitrogen and oxygen atoms in total. The zero-order valence-electron chi connectivity index (χ0n) is 7.95. The van der Waals surface area contributed by atoms with Gasteiger partial charge in [0, 0.05) is 11.6 Å². The Kier molecular flexibility index (Phi) is 3.06. The van der Waals surface area contributed by atoms with Crippen molar-refractivity contribution in [2.75, 3.05) is 6.54 Å². The average Bonchev–Trinajstić information content (AvgIpc) is 2.67. The Morgan fingerprint density at radius 3 is 2.79 bits per heavy atom. The van der Waals surface area contributed by atoms with Gasteiger partial charge in [-0.15, -0.1) is 0 Å². The molecule has 0 spiro atoms. The third-order valence-corrected chi connectivity index (χ3v) is 2.97. The summed E-state index contributed by atoms with van der Waals surface area (Å²) >= 11 is 6.08. The van der Waals surface area contributed by atoms with E-state index in [1.54, 1.807) is 0 Å². The number of ether oxygens (including phenoxy) is 1. The maximum Gasteiger partial charge on any atom is 0.0844 e. The summed E-state index contributed by atoms with van der Waals surface area (Å²) in [4.78, 5) is 0. The quantitative estimate of drug-likeness (QED) is 0.816. The monoisotopic (exact) mass is 211 g/mol. The Morgan fingerprint density at radius 2 is 2.14 bits per heavy atom. The van der Waals surface area contributed by atoms with Crippen molar-refractivity contribution in [3.63, 3.8) is 0 Å². The summed E-state index contributed by atoms with van der Waals surface area (Å²) in [5.41, 5.74) is 6.64. The maximum absolute atomic E-state index is 6.08. The minimum atomic E-state index is 0.136. The van der Waals surface area contributed by atoms with E-state index >= 15 is 0 Å². The van der Waals surface area contributed by atoms with Gasteiger partial charge in [-0.2, -0.15) is 0 Å². The summed E-state index contributed by atoms with van der Waals surface area (Å²) in [7, 11) is 0. The SMILES string of the molecule is NCC1CCC(c2ccccc2Cl)O1. The molecule has 0 aliphatic carbocycles. The highest BCUT2D eigenvalue weighted by atomic mass is 35.5. The molecule has 1 heterocycles. The Bertz CT molecular complexity index is 316. The number of benzene rings is 1. The number of rotatable bonds is 2. The summed E-state index contributed by atoms with van der Waals surface area (Å²) in [6, 6.07) is 7.84. The van der Waals surface area contributed by atoms with Gasteiger partial charge in [-0.3, -0.25) is 0 Å². The van der Waals surface area contributed by atoms with E-state index in [4.69, 9.17) is 22.1 Å². The van der Waals surface area contributed by atoms with Crippen molar-refractivity contribution in [3.8, 4) is 0 Å². The summed E-state index contributed by atoms with van der Waals surface area (Å²) in [6.45, 7) is 0.598. The van der Waals surface area contributed by atoms with Crippen molar-refractivity contribution in [1.29, 1.82) is 0 Å². The van der Waals surface area contributed by atoms with Crippen LogP contribution in [-0.2, 0) is 4.74 Å². The number of nitrogens with two attached hydrogens (primary N) is 1. The third-order valence-electron chi connectivity index (χ3n) is 2.62. The lowest BCUT2D eigenvalue weighted by Gasteiger charge is -2.13. The molecule has 1 aromatic carbocycles. The number of hydrogen-bond donors (Lipinski definition) is 1. The predicted molar refractivity (Wildman–Crippen MR) is 57.4 cm³/mol. The Balaban J connectivity index is 2.13. The second-order valence-electron chi connectivity index (χ2n) is 3.58. The Morgan fingerprint density at radius 1 is 1.36 bits per heavy atom. The van der Waals surface area contributed by atoms with Crippen molar-refractivity contribution in [1.82, 2.24) is 0 Å². The number of halogens is 1. The van der Waals surface area contributed by atoms with Gasteiger partial charge in [-0.05, 0) is 24.5 Å². The molecule has 1 aliphatic heterocycles. The molecule has 1 fully saturated rings. The van der Waals surface area contributed by atoms with Gasteiger partial charge in [0.2, 0.25) is 0 Å². The van der Waals surface area contributed by atoms with E-state index in [-0.39, 0.29) is 12.2 Å². The summed E-state index contributed by atoms with van der Waals surface area (Å²) in [5, 5.41) is 0.787. The van der Waals surface area contributed by atoms with Crippen molar-refractivity contribution in [2.24, 2.45) is 5.73 Å². The summed E-state index contributed by atoms with van der Waals surface area (Å²) < 4.78 is 5.77.